The molecule has 5 nitrogen and oxygen atoms in total. The zero-order valence-corrected chi connectivity index (χ0v) is 9.61. The largest absolute Gasteiger partial charge is 0.459 e. The molecule has 2 aromatic rings. The van der Waals surface area contributed by atoms with Crippen LogP contribution >= 0.6 is 0 Å². The summed E-state index contributed by atoms with van der Waals surface area (Å²) in [6.45, 7) is 0.248. The lowest BCUT2D eigenvalue weighted by molar-refractivity contribution is -0.145. The van der Waals surface area contributed by atoms with Crippen molar-refractivity contribution in [1.82, 2.24) is 15.0 Å². The second-order valence-corrected chi connectivity index (χ2v) is 3.59. The van der Waals surface area contributed by atoms with Crippen LogP contribution in [0.4, 0.5) is 0 Å². The highest BCUT2D eigenvalue weighted by Gasteiger charge is 2.06. The smallest absolute Gasteiger partial charge is 0.328 e. The van der Waals surface area contributed by atoms with E-state index in [0.717, 1.165) is 5.56 Å². The van der Waals surface area contributed by atoms with Crippen molar-refractivity contribution < 1.29 is 9.53 Å². The third-order valence-electron chi connectivity index (χ3n) is 2.22. The van der Waals surface area contributed by atoms with Crippen molar-refractivity contribution in [2.75, 3.05) is 0 Å². The first kappa shape index (κ1) is 11.9. The van der Waals surface area contributed by atoms with E-state index in [9.17, 15) is 4.79 Å². The van der Waals surface area contributed by atoms with Gasteiger partial charge in [0, 0.05) is 0 Å². The third-order valence-corrected chi connectivity index (χ3v) is 2.22. The summed E-state index contributed by atoms with van der Waals surface area (Å²) in [6, 6.07) is 9.46. The van der Waals surface area contributed by atoms with Crippen LogP contribution in [0.1, 0.15) is 11.3 Å². The third kappa shape index (κ3) is 3.19. The molecule has 0 amide bonds. The lowest BCUT2D eigenvalue weighted by Gasteiger charge is -2.04. The predicted octanol–water partition coefficient (Wildman–Crippen LogP) is 1.00. The van der Waals surface area contributed by atoms with Gasteiger partial charge in [-0.25, -0.2) is 4.68 Å². The molecule has 0 aliphatic carbocycles. The molecule has 18 heavy (non-hydrogen) atoms. The van der Waals surface area contributed by atoms with Crippen LogP contribution in [0.3, 0.4) is 0 Å². The van der Waals surface area contributed by atoms with E-state index in [1.165, 1.54) is 10.9 Å². The van der Waals surface area contributed by atoms with Crippen LogP contribution in [-0.4, -0.2) is 21.0 Å². The maximum Gasteiger partial charge on any atom is 0.328 e. The molecule has 0 unspecified atom stereocenters. The molecule has 5 heteroatoms. The molecule has 0 aliphatic rings. The van der Waals surface area contributed by atoms with Crippen LogP contribution < -0.4 is 0 Å². The van der Waals surface area contributed by atoms with E-state index in [0.29, 0.717) is 5.69 Å². The van der Waals surface area contributed by atoms with Crippen molar-refractivity contribution in [2.24, 2.45) is 0 Å². The molecule has 90 valence electrons. The topological polar surface area (TPSA) is 57.0 Å². The van der Waals surface area contributed by atoms with Crippen LogP contribution in [0.2, 0.25) is 0 Å². The Morgan fingerprint density at radius 3 is 2.83 bits per heavy atom. The summed E-state index contributed by atoms with van der Waals surface area (Å²) in [6.07, 6.45) is 6.66. The number of ether oxygens (including phenoxy) is 1. The number of hydrogen-bond donors (Lipinski definition) is 0. The fourth-order valence-electron chi connectivity index (χ4n) is 1.36. The molecular weight excluding hydrogens is 230 g/mol. The normalized spacial score (nSPS) is 9.72. The van der Waals surface area contributed by atoms with Gasteiger partial charge in [-0.2, -0.15) is 0 Å². The monoisotopic (exact) mass is 241 g/mol. The van der Waals surface area contributed by atoms with Gasteiger partial charge in [-0.05, 0) is 11.5 Å². The molecule has 0 atom stereocenters. The van der Waals surface area contributed by atoms with Gasteiger partial charge in [-0.3, -0.25) is 4.79 Å². The van der Waals surface area contributed by atoms with Gasteiger partial charge in [0.15, 0.2) is 5.69 Å². The van der Waals surface area contributed by atoms with E-state index in [4.69, 9.17) is 11.2 Å². The highest BCUT2D eigenvalue weighted by Crippen LogP contribution is 2.01. The quantitative estimate of drug-likeness (QED) is 0.592. The summed E-state index contributed by atoms with van der Waals surface area (Å²) in [4.78, 5) is 11.5. The summed E-state index contributed by atoms with van der Waals surface area (Å²) >= 11 is 0. The average Bonchev–Trinajstić information content (AvgIpc) is 2.85. The molecule has 0 spiro atoms. The van der Waals surface area contributed by atoms with Crippen LogP contribution in [0, 0.1) is 12.3 Å². The summed E-state index contributed by atoms with van der Waals surface area (Å²) in [7, 11) is 0. The van der Waals surface area contributed by atoms with Gasteiger partial charge in [0.05, 0.1) is 6.20 Å². The maximum absolute atomic E-state index is 11.5. The first-order chi connectivity index (χ1) is 8.78. The average molecular weight is 241 g/mol. The van der Waals surface area contributed by atoms with Gasteiger partial charge in [0.2, 0.25) is 0 Å². The minimum Gasteiger partial charge on any atom is -0.459 e. The lowest BCUT2D eigenvalue weighted by Crippen LogP contribution is -2.14. The van der Waals surface area contributed by atoms with E-state index in [2.05, 4.69) is 16.2 Å². The molecular formula is C13H11N3O2. The zero-order chi connectivity index (χ0) is 12.8. The molecule has 1 aromatic carbocycles. The molecule has 0 aliphatic heterocycles. The molecule has 0 N–H and O–H groups in total. The highest BCUT2D eigenvalue weighted by atomic mass is 16.5. The standard InChI is InChI=1S/C13H11N3O2/c1-2-12-8-16(15-14-12)9-13(17)18-10-11-6-4-3-5-7-11/h1,3-8H,9-10H2. The summed E-state index contributed by atoms with van der Waals surface area (Å²) in [5.41, 5.74) is 1.33. The molecule has 0 saturated heterocycles. The Morgan fingerprint density at radius 1 is 1.39 bits per heavy atom. The summed E-state index contributed by atoms with van der Waals surface area (Å²) in [5.74, 6) is 1.95. The summed E-state index contributed by atoms with van der Waals surface area (Å²) in [5, 5.41) is 7.38. The Hall–Kier alpha value is -2.61. The number of rotatable bonds is 4. The van der Waals surface area contributed by atoms with Crippen LogP contribution in [-0.2, 0) is 22.7 Å². The minimum atomic E-state index is -0.382. The Kier molecular flexibility index (Phi) is 3.72. The van der Waals surface area contributed by atoms with Crippen molar-refractivity contribution in [3.05, 3.63) is 47.8 Å². The first-order valence-corrected chi connectivity index (χ1v) is 5.34. The van der Waals surface area contributed by atoms with Crippen molar-refractivity contribution >= 4 is 5.97 Å². The number of aromatic nitrogens is 3. The molecule has 2 rings (SSSR count). The van der Waals surface area contributed by atoms with Crippen molar-refractivity contribution in [3.8, 4) is 12.3 Å². The van der Waals surface area contributed by atoms with Gasteiger partial charge in [-0.15, -0.1) is 11.5 Å². The van der Waals surface area contributed by atoms with E-state index in [-0.39, 0.29) is 19.1 Å². The molecule has 0 bridgehead atoms. The van der Waals surface area contributed by atoms with Crippen LogP contribution in [0.15, 0.2) is 36.5 Å². The Bertz CT molecular complexity index is 569. The summed E-state index contributed by atoms with van der Waals surface area (Å²) < 4.78 is 6.45. The Labute approximate surface area is 104 Å². The van der Waals surface area contributed by atoms with Gasteiger partial charge < -0.3 is 4.74 Å². The van der Waals surface area contributed by atoms with E-state index < -0.39 is 0 Å². The van der Waals surface area contributed by atoms with E-state index in [1.807, 2.05) is 30.3 Å². The number of terminal acetylenes is 1. The molecule has 1 heterocycles. The SMILES string of the molecule is C#Cc1cn(CC(=O)OCc2ccccc2)nn1. The molecule has 0 saturated carbocycles. The number of hydrogen-bond acceptors (Lipinski definition) is 4. The van der Waals surface area contributed by atoms with Gasteiger partial charge >= 0.3 is 5.97 Å². The number of carbonyl (C=O) groups is 1. The Morgan fingerprint density at radius 2 is 2.17 bits per heavy atom. The van der Waals surface area contributed by atoms with Crippen LogP contribution in [0.25, 0.3) is 0 Å². The predicted molar refractivity (Wildman–Crippen MR) is 64.2 cm³/mol. The fraction of sp³-hybridized carbons (Fsp3) is 0.154. The second kappa shape index (κ2) is 5.64. The molecule has 0 fully saturated rings. The number of esters is 1. The van der Waals surface area contributed by atoms with Gasteiger partial charge in [0.1, 0.15) is 13.2 Å². The Balaban J connectivity index is 1.84. The van der Waals surface area contributed by atoms with Gasteiger partial charge in [-0.1, -0.05) is 35.5 Å². The van der Waals surface area contributed by atoms with E-state index in [1.54, 1.807) is 0 Å². The first-order valence-electron chi connectivity index (χ1n) is 5.34. The molecule has 1 aromatic heterocycles. The van der Waals surface area contributed by atoms with Crippen LogP contribution in [0.5, 0.6) is 0 Å². The second-order valence-electron chi connectivity index (χ2n) is 3.59. The maximum atomic E-state index is 11.5. The highest BCUT2D eigenvalue weighted by molar-refractivity contribution is 5.69. The zero-order valence-electron chi connectivity index (χ0n) is 9.61. The van der Waals surface area contributed by atoms with Crippen molar-refractivity contribution in [1.29, 1.82) is 0 Å². The minimum absolute atomic E-state index is 0.00150. The number of benzene rings is 1. The van der Waals surface area contributed by atoms with Gasteiger partial charge in [0.25, 0.3) is 0 Å². The number of nitrogens with zero attached hydrogens (tertiary/aromatic N) is 3. The number of carbonyl (C=O) groups excluding carboxylic acids is 1. The molecule has 0 radical (unpaired) electrons. The lowest BCUT2D eigenvalue weighted by atomic mass is 10.2. The van der Waals surface area contributed by atoms with Crippen molar-refractivity contribution in [3.63, 3.8) is 0 Å². The van der Waals surface area contributed by atoms with Crippen molar-refractivity contribution in [2.45, 2.75) is 13.2 Å². The fourth-order valence-corrected chi connectivity index (χ4v) is 1.36. The van der Waals surface area contributed by atoms with E-state index >= 15 is 0 Å².